The Labute approximate surface area is 158 Å². The molecule has 2 fully saturated rings. The lowest BCUT2D eigenvalue weighted by Crippen LogP contribution is -2.55. The smallest absolute Gasteiger partial charge is 0.334 e. The Kier molecular flexibility index (Phi) is 5.95. The highest BCUT2D eigenvalue weighted by molar-refractivity contribution is 5.90. The van der Waals surface area contributed by atoms with Crippen molar-refractivity contribution in [2.24, 2.45) is 5.92 Å². The minimum absolute atomic E-state index is 0.0468. The summed E-state index contributed by atoms with van der Waals surface area (Å²) in [5.41, 5.74) is 0.710. The van der Waals surface area contributed by atoms with E-state index in [0.29, 0.717) is 31.7 Å². The van der Waals surface area contributed by atoms with E-state index >= 15 is 0 Å². The number of hydrogen-bond donors (Lipinski definition) is 2. The maximum Gasteiger partial charge on any atom is 0.334 e. The number of benzene rings is 1. The van der Waals surface area contributed by atoms with Gasteiger partial charge in [-0.25, -0.2) is 9.59 Å². The topological polar surface area (TPSA) is 99.2 Å². The van der Waals surface area contributed by atoms with Crippen molar-refractivity contribution in [3.63, 3.8) is 0 Å². The molecule has 2 unspecified atom stereocenters. The monoisotopic (exact) mass is 375 g/mol. The quantitative estimate of drug-likeness (QED) is 0.837. The number of carboxylic acids is 1. The molecule has 3 rings (SSSR count). The Balaban J connectivity index is 1.60. The zero-order chi connectivity index (χ0) is 19.4. The van der Waals surface area contributed by atoms with E-state index in [0.717, 1.165) is 6.42 Å². The van der Waals surface area contributed by atoms with Crippen molar-refractivity contribution >= 4 is 23.6 Å². The number of likely N-dealkylation sites (tertiary alicyclic amines) is 1. The van der Waals surface area contributed by atoms with Gasteiger partial charge in [0, 0.05) is 25.3 Å². The fourth-order valence-corrected chi connectivity index (χ4v) is 3.61. The fourth-order valence-electron chi connectivity index (χ4n) is 3.61. The minimum atomic E-state index is -1.06. The van der Waals surface area contributed by atoms with Gasteiger partial charge in [0.25, 0.3) is 0 Å². The third-order valence-corrected chi connectivity index (χ3v) is 4.93. The Morgan fingerprint density at radius 1 is 1.11 bits per heavy atom. The number of carboxylic acid groups (broad SMARTS) is 1. The number of amides is 3. The number of anilines is 1. The zero-order valence-corrected chi connectivity index (χ0v) is 15.3. The number of urea groups is 1. The van der Waals surface area contributed by atoms with Gasteiger partial charge in [-0.2, -0.15) is 0 Å². The second-order valence-electron chi connectivity index (χ2n) is 7.10. The molecule has 0 aromatic heterocycles. The van der Waals surface area contributed by atoms with Crippen LogP contribution in [0.5, 0.6) is 0 Å². The van der Waals surface area contributed by atoms with Crippen molar-refractivity contribution in [3.8, 4) is 0 Å². The summed E-state index contributed by atoms with van der Waals surface area (Å²) in [5.74, 6) is -1.49. The first-order valence-corrected chi connectivity index (χ1v) is 9.22. The number of aliphatic carboxylic acids is 1. The third-order valence-electron chi connectivity index (χ3n) is 4.93. The number of nitrogens with zero attached hydrogens (tertiary/aromatic N) is 2. The van der Waals surface area contributed by atoms with Crippen molar-refractivity contribution < 1.29 is 24.2 Å². The number of rotatable bonds is 3. The van der Waals surface area contributed by atoms with E-state index in [1.54, 1.807) is 16.7 Å². The molecule has 1 aromatic rings. The van der Waals surface area contributed by atoms with E-state index in [1.165, 1.54) is 0 Å². The summed E-state index contributed by atoms with van der Waals surface area (Å²) >= 11 is 0. The Bertz CT molecular complexity index is 696. The summed E-state index contributed by atoms with van der Waals surface area (Å²) in [5, 5.41) is 12.0. The van der Waals surface area contributed by atoms with Crippen LogP contribution >= 0.6 is 0 Å². The molecule has 8 heteroatoms. The van der Waals surface area contributed by atoms with Gasteiger partial charge in [-0.15, -0.1) is 0 Å². The van der Waals surface area contributed by atoms with Gasteiger partial charge < -0.3 is 25.0 Å². The van der Waals surface area contributed by atoms with Crippen LogP contribution in [-0.2, 0) is 14.3 Å². The van der Waals surface area contributed by atoms with Crippen LogP contribution < -0.4 is 5.32 Å². The van der Waals surface area contributed by atoms with Crippen LogP contribution in [0, 0.1) is 5.92 Å². The van der Waals surface area contributed by atoms with Crippen LogP contribution in [0.1, 0.15) is 19.8 Å². The predicted octanol–water partition coefficient (Wildman–Crippen LogP) is 1.63. The van der Waals surface area contributed by atoms with Crippen molar-refractivity contribution in [3.05, 3.63) is 30.3 Å². The lowest BCUT2D eigenvalue weighted by Gasteiger charge is -2.39. The first-order valence-electron chi connectivity index (χ1n) is 9.22. The van der Waals surface area contributed by atoms with Crippen LogP contribution in [0.25, 0.3) is 0 Å². The third kappa shape index (κ3) is 4.77. The van der Waals surface area contributed by atoms with E-state index in [2.05, 4.69) is 5.32 Å². The molecule has 0 saturated carbocycles. The molecule has 8 nitrogen and oxygen atoms in total. The van der Waals surface area contributed by atoms with Gasteiger partial charge in [-0.1, -0.05) is 18.2 Å². The molecule has 146 valence electrons. The van der Waals surface area contributed by atoms with Crippen molar-refractivity contribution in [2.45, 2.75) is 32.0 Å². The number of para-hydroxylation sites is 1. The van der Waals surface area contributed by atoms with E-state index in [-0.39, 0.29) is 30.5 Å². The fraction of sp³-hybridized carbons (Fsp3) is 0.526. The SMILES string of the molecule is C[C@@H]1CN(C(=O)C2CCCN(C(=O)Nc3ccccc3)C2)CC(C(=O)O)O1. The van der Waals surface area contributed by atoms with Gasteiger partial charge in [-0.05, 0) is 31.9 Å². The lowest BCUT2D eigenvalue weighted by atomic mass is 9.96. The largest absolute Gasteiger partial charge is 0.479 e. The van der Waals surface area contributed by atoms with Crippen LogP contribution in [0.15, 0.2) is 30.3 Å². The van der Waals surface area contributed by atoms with E-state index in [1.807, 2.05) is 30.3 Å². The number of carbonyl (C=O) groups excluding carboxylic acids is 2. The molecule has 1 aromatic carbocycles. The summed E-state index contributed by atoms with van der Waals surface area (Å²) in [6.07, 6.45) is 0.0989. The molecule has 0 spiro atoms. The van der Waals surface area contributed by atoms with Crippen molar-refractivity contribution in [2.75, 3.05) is 31.5 Å². The molecule has 0 aliphatic carbocycles. The molecule has 27 heavy (non-hydrogen) atoms. The van der Waals surface area contributed by atoms with Gasteiger partial charge in [0.15, 0.2) is 6.10 Å². The van der Waals surface area contributed by atoms with Crippen LogP contribution in [0.3, 0.4) is 0 Å². The molecule has 3 atom stereocenters. The maximum atomic E-state index is 12.9. The first kappa shape index (κ1) is 19.2. The van der Waals surface area contributed by atoms with E-state index < -0.39 is 12.1 Å². The summed E-state index contributed by atoms with van der Waals surface area (Å²) in [4.78, 5) is 39.9. The normalized spacial score (nSPS) is 25.7. The standard InChI is InChI=1S/C19H25N3O5/c1-13-10-22(12-16(27-13)18(24)25)17(23)14-6-5-9-21(11-14)19(26)20-15-7-3-2-4-8-15/h2-4,7-8,13-14,16H,5-6,9-12H2,1H3,(H,20,26)(H,24,25)/t13-,14?,16?/m1/s1. The van der Waals surface area contributed by atoms with E-state index in [9.17, 15) is 19.5 Å². The molecular formula is C19H25N3O5. The Morgan fingerprint density at radius 2 is 1.85 bits per heavy atom. The Morgan fingerprint density at radius 3 is 2.56 bits per heavy atom. The van der Waals surface area contributed by atoms with Gasteiger partial charge >= 0.3 is 12.0 Å². The maximum absolute atomic E-state index is 12.9. The summed E-state index contributed by atoms with van der Waals surface area (Å²) < 4.78 is 5.37. The molecule has 2 heterocycles. The number of nitrogens with one attached hydrogen (secondary N) is 1. The molecule has 2 aliphatic rings. The number of piperidine rings is 1. The highest BCUT2D eigenvalue weighted by atomic mass is 16.5. The minimum Gasteiger partial charge on any atom is -0.479 e. The highest BCUT2D eigenvalue weighted by Crippen LogP contribution is 2.22. The summed E-state index contributed by atoms with van der Waals surface area (Å²) in [7, 11) is 0. The van der Waals surface area contributed by atoms with Crippen LogP contribution in [0.4, 0.5) is 10.5 Å². The van der Waals surface area contributed by atoms with Crippen LogP contribution in [0.2, 0.25) is 0 Å². The van der Waals surface area contributed by atoms with Gasteiger partial charge in [0.1, 0.15) is 0 Å². The van der Waals surface area contributed by atoms with Gasteiger partial charge in [0.05, 0.1) is 18.6 Å². The highest BCUT2D eigenvalue weighted by Gasteiger charge is 2.37. The zero-order valence-electron chi connectivity index (χ0n) is 15.3. The molecule has 2 saturated heterocycles. The molecule has 2 N–H and O–H groups in total. The second-order valence-corrected chi connectivity index (χ2v) is 7.10. The molecular weight excluding hydrogens is 350 g/mol. The molecule has 0 bridgehead atoms. The average molecular weight is 375 g/mol. The number of carbonyl (C=O) groups is 3. The summed E-state index contributed by atoms with van der Waals surface area (Å²) in [6.45, 7) is 3.11. The molecule has 3 amide bonds. The number of morpholine rings is 1. The van der Waals surface area contributed by atoms with Crippen LogP contribution in [-0.4, -0.2) is 71.2 Å². The number of ether oxygens (including phenoxy) is 1. The van der Waals surface area contributed by atoms with Crippen molar-refractivity contribution in [1.82, 2.24) is 9.80 Å². The first-order chi connectivity index (χ1) is 12.9. The lowest BCUT2D eigenvalue weighted by molar-refractivity contribution is -0.168. The van der Waals surface area contributed by atoms with Crippen molar-refractivity contribution in [1.29, 1.82) is 0 Å². The Hall–Kier alpha value is -2.61. The van der Waals surface area contributed by atoms with E-state index in [4.69, 9.17) is 4.74 Å². The van der Waals surface area contributed by atoms with Gasteiger partial charge in [-0.3, -0.25) is 4.79 Å². The second kappa shape index (κ2) is 8.39. The average Bonchev–Trinajstić information content (AvgIpc) is 2.67. The summed E-state index contributed by atoms with van der Waals surface area (Å²) in [6, 6.07) is 8.96. The predicted molar refractivity (Wildman–Crippen MR) is 98.3 cm³/mol. The molecule has 2 aliphatic heterocycles. The molecule has 0 radical (unpaired) electrons. The number of hydrogen-bond acceptors (Lipinski definition) is 4. The van der Waals surface area contributed by atoms with Gasteiger partial charge in [0.2, 0.25) is 5.91 Å².